The van der Waals surface area contributed by atoms with Crippen molar-refractivity contribution in [2.24, 2.45) is 0 Å². The summed E-state index contributed by atoms with van der Waals surface area (Å²) in [6.07, 6.45) is 2.32. The van der Waals surface area contributed by atoms with Crippen molar-refractivity contribution in [1.29, 1.82) is 0 Å². The molecule has 1 aliphatic heterocycles. The molecule has 0 unspecified atom stereocenters. The average molecular weight is 431 g/mol. The van der Waals surface area contributed by atoms with Crippen LogP contribution in [-0.2, 0) is 16.1 Å². The van der Waals surface area contributed by atoms with Gasteiger partial charge in [-0.1, -0.05) is 48.6 Å². The number of likely N-dealkylation sites (N-methyl/N-ethyl adjacent to an activating group) is 1. The number of benzene rings is 1. The van der Waals surface area contributed by atoms with E-state index in [1.165, 1.54) is 16.9 Å². The van der Waals surface area contributed by atoms with E-state index in [4.69, 9.17) is 0 Å². The van der Waals surface area contributed by atoms with E-state index in [0.717, 1.165) is 32.5 Å². The van der Waals surface area contributed by atoms with Gasteiger partial charge in [-0.05, 0) is 24.9 Å². The molecule has 2 aromatic rings. The maximum Gasteiger partial charge on any atom is 0.239 e. The van der Waals surface area contributed by atoms with Crippen molar-refractivity contribution < 1.29 is 9.59 Å². The first kappa shape index (κ1) is 22.2. The third kappa shape index (κ3) is 6.24. The Morgan fingerprint density at radius 1 is 1.27 bits per heavy atom. The molecule has 3 rings (SSSR count). The Bertz CT molecular complexity index is 828. The highest BCUT2D eigenvalue weighted by Crippen LogP contribution is 2.29. The minimum absolute atomic E-state index is 0.0439. The molecule has 0 radical (unpaired) electrons. The molecular formula is C21H30N6O2S. The molecule has 0 saturated carbocycles. The van der Waals surface area contributed by atoms with Crippen LogP contribution >= 0.6 is 11.3 Å². The van der Waals surface area contributed by atoms with Crippen molar-refractivity contribution in [3.8, 4) is 0 Å². The van der Waals surface area contributed by atoms with E-state index in [2.05, 4.69) is 51.6 Å². The highest BCUT2D eigenvalue weighted by atomic mass is 32.1. The predicted octanol–water partition coefficient (Wildman–Crippen LogP) is 2.13. The van der Waals surface area contributed by atoms with Crippen LogP contribution in [0.3, 0.4) is 0 Å². The number of rotatable bonds is 11. The third-order valence-electron chi connectivity index (χ3n) is 5.08. The summed E-state index contributed by atoms with van der Waals surface area (Å²) in [7, 11) is 1.81. The molecule has 8 nitrogen and oxygen atoms in total. The summed E-state index contributed by atoms with van der Waals surface area (Å²) < 4.78 is 0. The lowest BCUT2D eigenvalue weighted by atomic mass is 10.2. The first-order valence-corrected chi connectivity index (χ1v) is 11.3. The molecule has 1 fully saturated rings. The van der Waals surface area contributed by atoms with Gasteiger partial charge in [-0.3, -0.25) is 19.4 Å². The fourth-order valence-electron chi connectivity index (χ4n) is 3.38. The highest BCUT2D eigenvalue weighted by Gasteiger charge is 2.25. The van der Waals surface area contributed by atoms with Gasteiger partial charge in [0.05, 0.1) is 6.54 Å². The Balaban J connectivity index is 1.37. The molecule has 1 aromatic heterocycles. The van der Waals surface area contributed by atoms with E-state index in [9.17, 15) is 9.59 Å². The first-order valence-electron chi connectivity index (χ1n) is 10.4. The molecule has 0 atom stereocenters. The fourth-order valence-corrected chi connectivity index (χ4v) is 4.23. The number of nitrogens with one attached hydrogen (secondary N) is 1. The van der Waals surface area contributed by atoms with Crippen LogP contribution in [-0.4, -0.2) is 66.7 Å². The number of aromatic nitrogens is 2. The first-order chi connectivity index (χ1) is 14.6. The smallest absolute Gasteiger partial charge is 0.239 e. The highest BCUT2D eigenvalue weighted by molar-refractivity contribution is 7.19. The molecular weight excluding hydrogens is 400 g/mol. The number of hydrogen-bond donors (Lipinski definition) is 1. The largest absolute Gasteiger partial charge is 0.355 e. The molecule has 0 aliphatic carbocycles. The van der Waals surface area contributed by atoms with E-state index in [1.807, 2.05) is 13.1 Å². The topological polar surface area (TPSA) is 81.7 Å². The molecule has 1 N–H and O–H groups in total. The summed E-state index contributed by atoms with van der Waals surface area (Å²) in [5.74, 6) is 0.0455. The molecule has 9 heteroatoms. The van der Waals surface area contributed by atoms with Crippen molar-refractivity contribution >= 4 is 33.4 Å². The molecule has 1 aliphatic rings. The lowest BCUT2D eigenvalue weighted by Gasteiger charge is -2.20. The van der Waals surface area contributed by atoms with Gasteiger partial charge in [0, 0.05) is 39.6 Å². The van der Waals surface area contributed by atoms with E-state index < -0.39 is 0 Å². The van der Waals surface area contributed by atoms with Crippen LogP contribution in [0.25, 0.3) is 0 Å². The minimum Gasteiger partial charge on any atom is -0.355 e. The Labute approximate surface area is 181 Å². The van der Waals surface area contributed by atoms with Crippen LogP contribution in [0.5, 0.6) is 0 Å². The van der Waals surface area contributed by atoms with Gasteiger partial charge in [-0.15, -0.1) is 10.2 Å². The van der Waals surface area contributed by atoms with E-state index >= 15 is 0 Å². The summed E-state index contributed by atoms with van der Waals surface area (Å²) in [6, 6.07) is 10.4. The second-order valence-electron chi connectivity index (χ2n) is 7.43. The second kappa shape index (κ2) is 11.0. The zero-order chi connectivity index (χ0) is 21.3. The van der Waals surface area contributed by atoms with Crippen LogP contribution in [0, 0.1) is 0 Å². The van der Waals surface area contributed by atoms with Gasteiger partial charge in [-0.25, -0.2) is 0 Å². The van der Waals surface area contributed by atoms with Gasteiger partial charge in [-0.2, -0.15) is 0 Å². The summed E-state index contributed by atoms with van der Waals surface area (Å²) in [6.45, 7) is 6.54. The second-order valence-corrected chi connectivity index (χ2v) is 8.36. The molecule has 0 spiro atoms. The predicted molar refractivity (Wildman–Crippen MR) is 120 cm³/mol. The maximum atomic E-state index is 12.3. The van der Waals surface area contributed by atoms with E-state index in [-0.39, 0.29) is 18.4 Å². The van der Waals surface area contributed by atoms with E-state index in [1.54, 1.807) is 9.80 Å². The van der Waals surface area contributed by atoms with Gasteiger partial charge >= 0.3 is 0 Å². The summed E-state index contributed by atoms with van der Waals surface area (Å²) in [4.78, 5) is 29.9. The van der Waals surface area contributed by atoms with Crippen LogP contribution in [0.2, 0.25) is 0 Å². The summed E-state index contributed by atoms with van der Waals surface area (Å²) in [5, 5.41) is 12.5. The fraction of sp³-hybridized carbons (Fsp3) is 0.524. The monoisotopic (exact) mass is 430 g/mol. The number of carbonyl (C=O) groups excluding carboxylic acids is 2. The Hall–Kier alpha value is -2.52. The Kier molecular flexibility index (Phi) is 8.15. The molecule has 1 aromatic carbocycles. The Morgan fingerprint density at radius 2 is 2.07 bits per heavy atom. The molecule has 162 valence electrons. The number of nitrogens with zero attached hydrogens (tertiary/aromatic N) is 5. The summed E-state index contributed by atoms with van der Waals surface area (Å²) >= 11 is 1.34. The lowest BCUT2D eigenvalue weighted by molar-refractivity contribution is -0.119. The number of anilines is 2. The SMILES string of the molecule is CCN(CCCNC(=O)CN(C)c1nnc(N2CCCC2=O)s1)Cc1ccccc1. The van der Waals surface area contributed by atoms with Crippen molar-refractivity contribution in [1.82, 2.24) is 20.4 Å². The number of carbonyl (C=O) groups is 2. The van der Waals surface area contributed by atoms with Gasteiger partial charge in [0.1, 0.15) is 0 Å². The quantitative estimate of drug-likeness (QED) is 0.550. The third-order valence-corrected chi connectivity index (χ3v) is 6.15. The number of hydrogen-bond acceptors (Lipinski definition) is 7. The van der Waals surface area contributed by atoms with Crippen LogP contribution in [0.4, 0.5) is 10.3 Å². The van der Waals surface area contributed by atoms with Crippen molar-refractivity contribution in [3.63, 3.8) is 0 Å². The molecule has 2 amide bonds. The van der Waals surface area contributed by atoms with Crippen LogP contribution < -0.4 is 15.1 Å². The van der Waals surface area contributed by atoms with E-state index in [0.29, 0.717) is 29.8 Å². The van der Waals surface area contributed by atoms with Crippen molar-refractivity contribution in [3.05, 3.63) is 35.9 Å². The van der Waals surface area contributed by atoms with Crippen LogP contribution in [0.1, 0.15) is 31.7 Å². The van der Waals surface area contributed by atoms with Crippen molar-refractivity contribution in [2.75, 3.05) is 49.6 Å². The van der Waals surface area contributed by atoms with Gasteiger partial charge in [0.15, 0.2) is 0 Å². The minimum atomic E-state index is -0.0439. The number of amides is 2. The van der Waals surface area contributed by atoms with Gasteiger partial charge < -0.3 is 10.2 Å². The molecule has 30 heavy (non-hydrogen) atoms. The average Bonchev–Trinajstić information content (AvgIpc) is 3.40. The maximum absolute atomic E-state index is 12.3. The van der Waals surface area contributed by atoms with Crippen LogP contribution in [0.15, 0.2) is 30.3 Å². The summed E-state index contributed by atoms with van der Waals surface area (Å²) in [5.41, 5.74) is 1.30. The Morgan fingerprint density at radius 3 is 2.77 bits per heavy atom. The molecule has 0 bridgehead atoms. The molecule has 1 saturated heterocycles. The van der Waals surface area contributed by atoms with Gasteiger partial charge in [0.25, 0.3) is 0 Å². The van der Waals surface area contributed by atoms with Gasteiger partial charge in [0.2, 0.25) is 22.1 Å². The standard InChI is InChI=1S/C21H30N6O2S/c1-3-26(15-17-9-5-4-6-10-17)13-8-12-22-18(28)16-25(2)20-23-24-21(30-20)27-14-7-11-19(27)29/h4-6,9-10H,3,7-8,11-16H2,1-2H3,(H,22,28). The molecule has 2 heterocycles. The lowest BCUT2D eigenvalue weighted by Crippen LogP contribution is -2.36. The van der Waals surface area contributed by atoms with Crippen molar-refractivity contribution in [2.45, 2.75) is 32.7 Å². The normalized spacial score (nSPS) is 13.8. The zero-order valence-electron chi connectivity index (χ0n) is 17.7. The zero-order valence-corrected chi connectivity index (χ0v) is 18.5.